The Kier molecular flexibility index (Phi) is 47.3. The van der Waals surface area contributed by atoms with Gasteiger partial charge < -0.3 is 25.7 Å². The number of hydrogen-bond donors (Lipinski definition) is 5. The number of aliphatic hydroxyl groups is 4. The third-order valence-electron chi connectivity index (χ3n) is 12.7. The SMILES string of the molecule is CCCCCCCCCCCCCCCC/C=C\CCCCCCCCCCCCCCCCCCC(O)C(=O)NC(CO)C(O)C(O)CCCCCCCCCCC. The first kappa shape index (κ1) is 58.0. The minimum Gasteiger partial charge on any atom is -0.394 e. The number of hydrogen-bond acceptors (Lipinski definition) is 5. The van der Waals surface area contributed by atoms with E-state index in [1.54, 1.807) is 0 Å². The topological polar surface area (TPSA) is 110 Å². The van der Waals surface area contributed by atoms with Crippen molar-refractivity contribution < 1.29 is 25.2 Å². The van der Waals surface area contributed by atoms with E-state index < -0.39 is 36.9 Å². The van der Waals surface area contributed by atoms with E-state index in [0.717, 1.165) is 38.5 Å². The van der Waals surface area contributed by atoms with Crippen molar-refractivity contribution in [1.82, 2.24) is 5.32 Å². The number of amides is 1. The molecule has 4 unspecified atom stereocenters. The van der Waals surface area contributed by atoms with Crippen LogP contribution in [0.5, 0.6) is 0 Å². The normalized spacial score (nSPS) is 13.9. The molecule has 0 saturated heterocycles. The molecule has 0 aliphatic rings. The number of rotatable bonds is 49. The lowest BCUT2D eigenvalue weighted by atomic mass is 9.99. The molecule has 0 saturated carbocycles. The molecule has 6 nitrogen and oxygen atoms in total. The fourth-order valence-corrected chi connectivity index (χ4v) is 8.52. The van der Waals surface area contributed by atoms with Crippen LogP contribution < -0.4 is 5.32 Å². The van der Waals surface area contributed by atoms with Crippen molar-refractivity contribution in [2.24, 2.45) is 0 Å². The molecule has 0 aliphatic carbocycles. The van der Waals surface area contributed by atoms with Crippen LogP contribution in [-0.2, 0) is 4.79 Å². The molecule has 0 bridgehead atoms. The summed E-state index contributed by atoms with van der Waals surface area (Å²) in [5.41, 5.74) is 0. The van der Waals surface area contributed by atoms with E-state index in [4.69, 9.17) is 0 Å². The van der Waals surface area contributed by atoms with Crippen LogP contribution in [0, 0.1) is 0 Å². The number of aliphatic hydroxyl groups excluding tert-OH is 4. The maximum atomic E-state index is 12.5. The molecule has 0 radical (unpaired) electrons. The molecule has 0 heterocycles. The smallest absolute Gasteiger partial charge is 0.249 e. The van der Waals surface area contributed by atoms with Crippen molar-refractivity contribution in [2.75, 3.05) is 6.61 Å². The van der Waals surface area contributed by atoms with Gasteiger partial charge >= 0.3 is 0 Å². The first-order valence-corrected chi connectivity index (χ1v) is 26.6. The lowest BCUT2D eigenvalue weighted by molar-refractivity contribution is -0.132. The highest BCUT2D eigenvalue weighted by Crippen LogP contribution is 2.18. The quantitative estimate of drug-likeness (QED) is 0.0310. The summed E-state index contributed by atoms with van der Waals surface area (Å²) in [7, 11) is 0. The molecule has 0 spiro atoms. The van der Waals surface area contributed by atoms with E-state index in [9.17, 15) is 25.2 Å². The Bertz CT molecular complexity index is 852. The third kappa shape index (κ3) is 42.1. The van der Waals surface area contributed by atoms with Crippen LogP contribution in [0.3, 0.4) is 0 Å². The Balaban J connectivity index is 3.49. The molecule has 0 aliphatic heterocycles. The van der Waals surface area contributed by atoms with E-state index in [0.29, 0.717) is 12.8 Å². The van der Waals surface area contributed by atoms with Gasteiger partial charge in [-0.05, 0) is 38.5 Å². The molecular formula is C53H105NO5. The highest BCUT2D eigenvalue weighted by molar-refractivity contribution is 5.80. The number of carbonyl (C=O) groups excluding carboxylic acids is 1. The van der Waals surface area contributed by atoms with Crippen molar-refractivity contribution in [3.63, 3.8) is 0 Å². The summed E-state index contributed by atoms with van der Waals surface area (Å²) in [6, 6.07) is -0.980. The van der Waals surface area contributed by atoms with Crippen LogP contribution in [0.4, 0.5) is 0 Å². The standard InChI is InChI=1S/C53H105NO5/c1-3-5-7-9-11-13-14-15-16-17-18-19-20-21-22-23-24-25-26-27-28-29-30-31-32-33-34-35-36-37-39-41-43-45-47-51(57)53(59)54-49(48-55)52(58)50(56)46-44-42-40-38-12-10-8-6-4-2/h23-24,49-52,55-58H,3-22,25-48H2,1-2H3,(H,54,59)/b24-23-. The second kappa shape index (κ2) is 48.1. The molecule has 0 rings (SSSR count). The zero-order valence-corrected chi connectivity index (χ0v) is 39.8. The predicted molar refractivity (Wildman–Crippen MR) is 256 cm³/mol. The zero-order chi connectivity index (χ0) is 43.1. The summed E-state index contributed by atoms with van der Waals surface area (Å²) in [4.78, 5) is 12.5. The van der Waals surface area contributed by atoms with Gasteiger partial charge in [0.15, 0.2) is 0 Å². The molecular weight excluding hydrogens is 731 g/mol. The molecule has 1 amide bonds. The molecule has 5 N–H and O–H groups in total. The lowest BCUT2D eigenvalue weighted by Crippen LogP contribution is -2.53. The van der Waals surface area contributed by atoms with Gasteiger partial charge in [0.1, 0.15) is 12.2 Å². The Morgan fingerprint density at radius 2 is 0.678 bits per heavy atom. The zero-order valence-electron chi connectivity index (χ0n) is 39.8. The van der Waals surface area contributed by atoms with Gasteiger partial charge in [-0.15, -0.1) is 0 Å². The average Bonchev–Trinajstić information content (AvgIpc) is 3.24. The molecule has 6 heteroatoms. The monoisotopic (exact) mass is 836 g/mol. The van der Waals surface area contributed by atoms with Crippen molar-refractivity contribution in [3.8, 4) is 0 Å². The summed E-state index contributed by atoms with van der Waals surface area (Å²) in [5.74, 6) is -0.581. The fraction of sp³-hybridized carbons (Fsp3) is 0.943. The van der Waals surface area contributed by atoms with E-state index in [1.165, 1.54) is 225 Å². The summed E-state index contributed by atoms with van der Waals surface area (Å²) in [6.07, 6.45) is 55.9. The molecule has 0 aromatic carbocycles. The number of allylic oxidation sites excluding steroid dienone is 2. The third-order valence-corrected chi connectivity index (χ3v) is 12.7. The minimum absolute atomic E-state index is 0.373. The number of nitrogens with one attached hydrogen (secondary N) is 1. The molecule has 0 aromatic heterocycles. The average molecular weight is 836 g/mol. The van der Waals surface area contributed by atoms with Crippen LogP contribution in [-0.4, -0.2) is 57.3 Å². The van der Waals surface area contributed by atoms with Crippen molar-refractivity contribution in [2.45, 2.75) is 314 Å². The second-order valence-electron chi connectivity index (χ2n) is 18.6. The summed E-state index contributed by atoms with van der Waals surface area (Å²) < 4.78 is 0. The van der Waals surface area contributed by atoms with Gasteiger partial charge in [-0.25, -0.2) is 0 Å². The Morgan fingerprint density at radius 1 is 0.407 bits per heavy atom. The van der Waals surface area contributed by atoms with Gasteiger partial charge in [0, 0.05) is 0 Å². The highest BCUT2D eigenvalue weighted by atomic mass is 16.3. The van der Waals surface area contributed by atoms with Crippen LogP contribution in [0.25, 0.3) is 0 Å². The number of carbonyl (C=O) groups is 1. The van der Waals surface area contributed by atoms with Crippen LogP contribution >= 0.6 is 0 Å². The maximum absolute atomic E-state index is 12.5. The maximum Gasteiger partial charge on any atom is 0.249 e. The number of unbranched alkanes of at least 4 members (excludes halogenated alkanes) is 38. The Hall–Kier alpha value is -0.950. The Morgan fingerprint density at radius 3 is 0.983 bits per heavy atom. The first-order chi connectivity index (χ1) is 29.0. The second-order valence-corrected chi connectivity index (χ2v) is 18.6. The largest absolute Gasteiger partial charge is 0.394 e. The molecule has 59 heavy (non-hydrogen) atoms. The van der Waals surface area contributed by atoms with E-state index >= 15 is 0 Å². The summed E-state index contributed by atoms with van der Waals surface area (Å²) in [6.45, 7) is 4.04. The van der Waals surface area contributed by atoms with Crippen molar-refractivity contribution in [3.05, 3.63) is 12.2 Å². The van der Waals surface area contributed by atoms with E-state index in [-0.39, 0.29) is 0 Å². The Labute approximate surface area is 368 Å². The minimum atomic E-state index is -1.25. The predicted octanol–water partition coefficient (Wildman–Crippen LogP) is 14.9. The van der Waals surface area contributed by atoms with Crippen LogP contribution in [0.2, 0.25) is 0 Å². The van der Waals surface area contributed by atoms with Crippen molar-refractivity contribution >= 4 is 5.91 Å². The first-order valence-electron chi connectivity index (χ1n) is 26.6. The van der Waals surface area contributed by atoms with Crippen LogP contribution in [0.1, 0.15) is 290 Å². The van der Waals surface area contributed by atoms with Gasteiger partial charge in [0.2, 0.25) is 5.91 Å². The van der Waals surface area contributed by atoms with E-state index in [1.807, 2.05) is 0 Å². The van der Waals surface area contributed by atoms with E-state index in [2.05, 4.69) is 31.3 Å². The molecule has 0 fully saturated rings. The highest BCUT2D eigenvalue weighted by Gasteiger charge is 2.28. The van der Waals surface area contributed by atoms with Gasteiger partial charge in [0.25, 0.3) is 0 Å². The summed E-state index contributed by atoms with van der Waals surface area (Å²) in [5, 5.41) is 43.6. The van der Waals surface area contributed by atoms with Gasteiger partial charge in [0.05, 0.1) is 18.8 Å². The van der Waals surface area contributed by atoms with Gasteiger partial charge in [-0.2, -0.15) is 0 Å². The molecule has 352 valence electrons. The molecule has 0 aromatic rings. The fourth-order valence-electron chi connectivity index (χ4n) is 8.52. The van der Waals surface area contributed by atoms with Crippen molar-refractivity contribution in [1.29, 1.82) is 0 Å². The van der Waals surface area contributed by atoms with Crippen LogP contribution in [0.15, 0.2) is 12.2 Å². The summed E-state index contributed by atoms with van der Waals surface area (Å²) >= 11 is 0. The lowest BCUT2D eigenvalue weighted by Gasteiger charge is -2.27. The van der Waals surface area contributed by atoms with Gasteiger partial charge in [-0.3, -0.25) is 4.79 Å². The molecule has 4 atom stereocenters. The van der Waals surface area contributed by atoms with Gasteiger partial charge in [-0.1, -0.05) is 264 Å².